The Morgan fingerprint density at radius 2 is 1.87 bits per heavy atom. The fourth-order valence-electron chi connectivity index (χ4n) is 4.88. The number of nitrogens with zero attached hydrogens (tertiary/aromatic N) is 3. The lowest BCUT2D eigenvalue weighted by atomic mass is 9.92. The molecule has 0 unspecified atom stereocenters. The minimum absolute atomic E-state index is 0.0155. The van der Waals surface area contributed by atoms with Crippen LogP contribution in [0.15, 0.2) is 36.7 Å². The molecule has 0 N–H and O–H groups in total. The monoisotopic (exact) mass is 425 g/mol. The summed E-state index contributed by atoms with van der Waals surface area (Å²) < 4.78 is 26.8. The van der Waals surface area contributed by atoms with Crippen LogP contribution in [0.4, 0.5) is 5.69 Å². The maximum Gasteiger partial charge on any atom is 0.259 e. The molecular formula is C23H27N3O3S. The van der Waals surface area contributed by atoms with Gasteiger partial charge < -0.3 is 0 Å². The van der Waals surface area contributed by atoms with E-state index in [1.54, 1.807) is 10.5 Å². The van der Waals surface area contributed by atoms with Crippen molar-refractivity contribution in [2.45, 2.75) is 56.7 Å². The molecule has 1 amide bonds. The first-order valence-corrected chi connectivity index (χ1v) is 12.1. The molecule has 6 nitrogen and oxygen atoms in total. The van der Waals surface area contributed by atoms with Gasteiger partial charge in [-0.05, 0) is 63.3 Å². The molecule has 158 valence electrons. The highest BCUT2D eigenvalue weighted by Crippen LogP contribution is 2.43. The summed E-state index contributed by atoms with van der Waals surface area (Å²) in [6.07, 6.45) is 5.90. The van der Waals surface area contributed by atoms with Crippen LogP contribution in [0.2, 0.25) is 0 Å². The minimum Gasteiger partial charge on any atom is -0.297 e. The van der Waals surface area contributed by atoms with Crippen LogP contribution in [0.25, 0.3) is 0 Å². The van der Waals surface area contributed by atoms with E-state index in [1.807, 2.05) is 36.2 Å². The fourth-order valence-corrected chi connectivity index (χ4v) is 6.79. The number of benzene rings is 1. The molecule has 2 fully saturated rings. The molecule has 0 bridgehead atoms. The lowest BCUT2D eigenvalue weighted by Crippen LogP contribution is -2.39. The van der Waals surface area contributed by atoms with Crippen LogP contribution in [-0.2, 0) is 15.6 Å². The summed E-state index contributed by atoms with van der Waals surface area (Å²) in [4.78, 5) is 19.5. The largest absolute Gasteiger partial charge is 0.297 e. The molecule has 3 heterocycles. The predicted molar refractivity (Wildman–Crippen MR) is 116 cm³/mol. The third-order valence-electron chi connectivity index (χ3n) is 6.76. The van der Waals surface area contributed by atoms with Gasteiger partial charge in [0.25, 0.3) is 5.91 Å². The molecule has 1 atom stereocenters. The number of hydrogen-bond acceptors (Lipinski definition) is 4. The Bertz CT molecular complexity index is 1140. The number of fused-ring (bicyclic) bond motifs is 1. The molecule has 1 aliphatic carbocycles. The Morgan fingerprint density at radius 3 is 2.60 bits per heavy atom. The summed E-state index contributed by atoms with van der Waals surface area (Å²) in [6.45, 7) is 7.21. The van der Waals surface area contributed by atoms with Crippen molar-refractivity contribution in [3.8, 4) is 0 Å². The fraction of sp³-hybridized carbons (Fsp3) is 0.478. The molecule has 30 heavy (non-hydrogen) atoms. The molecule has 2 aliphatic heterocycles. The van der Waals surface area contributed by atoms with E-state index in [9.17, 15) is 13.2 Å². The van der Waals surface area contributed by atoms with Gasteiger partial charge in [-0.25, -0.2) is 12.7 Å². The van der Waals surface area contributed by atoms with Crippen LogP contribution in [0.3, 0.4) is 0 Å². The van der Waals surface area contributed by atoms with Crippen molar-refractivity contribution in [3.05, 3.63) is 58.9 Å². The number of sulfonamides is 1. The summed E-state index contributed by atoms with van der Waals surface area (Å²) in [7, 11) is -3.15. The number of pyridine rings is 1. The third-order valence-corrected chi connectivity index (χ3v) is 9.12. The van der Waals surface area contributed by atoms with Crippen molar-refractivity contribution in [1.82, 2.24) is 9.29 Å². The number of amides is 1. The van der Waals surface area contributed by atoms with Crippen LogP contribution in [0.1, 0.15) is 66.1 Å². The van der Waals surface area contributed by atoms with Crippen LogP contribution >= 0.6 is 0 Å². The Balaban J connectivity index is 1.44. The van der Waals surface area contributed by atoms with E-state index in [2.05, 4.69) is 24.9 Å². The smallest absolute Gasteiger partial charge is 0.259 e. The number of anilines is 1. The molecule has 2 aromatic rings. The van der Waals surface area contributed by atoms with Crippen LogP contribution in [0, 0.1) is 6.92 Å². The van der Waals surface area contributed by atoms with E-state index in [4.69, 9.17) is 0 Å². The van der Waals surface area contributed by atoms with E-state index in [1.165, 1.54) is 0 Å². The summed E-state index contributed by atoms with van der Waals surface area (Å²) >= 11 is 0. The zero-order valence-corrected chi connectivity index (χ0v) is 18.4. The number of rotatable bonds is 4. The van der Waals surface area contributed by atoms with Gasteiger partial charge in [-0.15, -0.1) is 0 Å². The van der Waals surface area contributed by atoms with Crippen molar-refractivity contribution in [3.63, 3.8) is 0 Å². The maximum absolute atomic E-state index is 13.2. The number of carbonyl (C=O) groups is 1. The van der Waals surface area contributed by atoms with E-state index in [-0.39, 0.29) is 17.1 Å². The summed E-state index contributed by atoms with van der Waals surface area (Å²) in [5.41, 5.74) is 4.18. The van der Waals surface area contributed by atoms with Crippen LogP contribution in [-0.4, -0.2) is 42.0 Å². The molecule has 3 aliphatic rings. The Morgan fingerprint density at radius 1 is 1.10 bits per heavy atom. The van der Waals surface area contributed by atoms with Gasteiger partial charge in [0.15, 0.2) is 0 Å². The second-order valence-electron chi connectivity index (χ2n) is 9.31. The highest BCUT2D eigenvalue weighted by Gasteiger charge is 2.45. The zero-order chi connectivity index (χ0) is 21.3. The van der Waals surface area contributed by atoms with E-state index >= 15 is 0 Å². The second kappa shape index (κ2) is 6.62. The van der Waals surface area contributed by atoms with Gasteiger partial charge in [0.05, 0.1) is 22.7 Å². The number of aromatic nitrogens is 1. The first kappa shape index (κ1) is 19.7. The molecule has 7 heteroatoms. The van der Waals surface area contributed by atoms with Gasteiger partial charge in [-0.2, -0.15) is 0 Å². The quantitative estimate of drug-likeness (QED) is 0.751. The Hall–Kier alpha value is -2.25. The number of carbonyl (C=O) groups excluding carboxylic acids is 1. The van der Waals surface area contributed by atoms with Crippen LogP contribution in [0.5, 0.6) is 0 Å². The minimum atomic E-state index is -3.15. The van der Waals surface area contributed by atoms with Crippen molar-refractivity contribution in [2.24, 2.45) is 0 Å². The zero-order valence-electron chi connectivity index (χ0n) is 17.6. The number of aryl methyl sites for hydroxylation is 1. The maximum atomic E-state index is 13.2. The third kappa shape index (κ3) is 2.98. The van der Waals surface area contributed by atoms with Crippen molar-refractivity contribution < 1.29 is 13.2 Å². The number of hydrogen-bond donors (Lipinski definition) is 0. The van der Waals surface area contributed by atoms with E-state index in [0.717, 1.165) is 47.2 Å². The van der Waals surface area contributed by atoms with Gasteiger partial charge in [0, 0.05) is 30.8 Å². The SMILES string of the molecule is Cc1ccc2c(c1)C(C)(C)N(c1cncc([C@@H]3CCN(S(=O)(=O)C4CC4)C3)c1)C2=O. The van der Waals surface area contributed by atoms with Gasteiger partial charge in [0.1, 0.15) is 0 Å². The summed E-state index contributed by atoms with van der Waals surface area (Å²) in [5.74, 6) is 0.0923. The molecular weight excluding hydrogens is 398 g/mol. The first-order chi connectivity index (χ1) is 14.2. The van der Waals surface area contributed by atoms with E-state index < -0.39 is 15.6 Å². The highest BCUT2D eigenvalue weighted by atomic mass is 32.2. The lowest BCUT2D eigenvalue weighted by molar-refractivity contribution is 0.0982. The lowest BCUT2D eigenvalue weighted by Gasteiger charge is -2.32. The molecule has 0 spiro atoms. The average Bonchev–Trinajstić information content (AvgIpc) is 3.41. The van der Waals surface area contributed by atoms with Crippen molar-refractivity contribution in [1.29, 1.82) is 0 Å². The Labute approximate surface area is 178 Å². The summed E-state index contributed by atoms with van der Waals surface area (Å²) in [5, 5.41) is -0.175. The van der Waals surface area contributed by atoms with Gasteiger partial charge in [-0.1, -0.05) is 17.7 Å². The van der Waals surface area contributed by atoms with Crippen LogP contribution < -0.4 is 4.90 Å². The predicted octanol–water partition coefficient (Wildman–Crippen LogP) is 3.57. The van der Waals surface area contributed by atoms with Crippen molar-refractivity contribution in [2.75, 3.05) is 18.0 Å². The molecule has 1 aromatic carbocycles. The van der Waals surface area contributed by atoms with Crippen molar-refractivity contribution >= 4 is 21.6 Å². The summed E-state index contributed by atoms with van der Waals surface area (Å²) in [6, 6.07) is 7.98. The standard InChI is InChI=1S/C23H27N3O3S/c1-15-4-7-20-21(10-15)23(2,3)26(22(20)27)18-11-17(12-24-13-18)16-8-9-25(14-16)30(28,29)19-5-6-19/h4,7,10-13,16,19H,5-6,8-9,14H2,1-3H3/t16-/m1/s1. The topological polar surface area (TPSA) is 70.6 Å². The van der Waals surface area contributed by atoms with Gasteiger partial charge in [-0.3, -0.25) is 14.7 Å². The Kier molecular flexibility index (Phi) is 4.35. The molecule has 1 saturated carbocycles. The first-order valence-electron chi connectivity index (χ1n) is 10.6. The molecule has 5 rings (SSSR count). The second-order valence-corrected chi connectivity index (χ2v) is 11.5. The van der Waals surface area contributed by atoms with Gasteiger partial charge >= 0.3 is 0 Å². The average molecular weight is 426 g/mol. The van der Waals surface area contributed by atoms with Gasteiger partial charge in [0.2, 0.25) is 10.0 Å². The molecule has 0 radical (unpaired) electrons. The molecule has 1 aromatic heterocycles. The molecule has 1 saturated heterocycles. The van der Waals surface area contributed by atoms with E-state index in [0.29, 0.717) is 13.1 Å². The highest BCUT2D eigenvalue weighted by molar-refractivity contribution is 7.90. The normalized spacial score (nSPS) is 23.8.